The molecule has 0 unspecified atom stereocenters. The van der Waals surface area contributed by atoms with E-state index in [0.29, 0.717) is 27.8 Å². The molecule has 3 aromatic rings. The predicted molar refractivity (Wildman–Crippen MR) is 86.5 cm³/mol. The summed E-state index contributed by atoms with van der Waals surface area (Å²) in [4.78, 5) is 11.9. The lowest BCUT2D eigenvalue weighted by Gasteiger charge is -2.12. The highest BCUT2D eigenvalue weighted by atomic mass is 35.5. The lowest BCUT2D eigenvalue weighted by molar-refractivity contribution is 0.115. The summed E-state index contributed by atoms with van der Waals surface area (Å²) in [5.41, 5.74) is 0.716. The molecule has 0 aliphatic rings. The van der Waals surface area contributed by atoms with Gasteiger partial charge < -0.3 is 14.2 Å². The molecule has 0 spiro atoms. The van der Waals surface area contributed by atoms with Crippen LogP contribution >= 0.6 is 23.2 Å². The molecular formula is C15H11Cl2N3O3. The first-order chi connectivity index (χ1) is 11.2. The third-order valence-electron chi connectivity index (χ3n) is 3.01. The Morgan fingerprint density at radius 3 is 2.52 bits per heavy atom. The zero-order valence-corrected chi connectivity index (χ0v) is 13.5. The van der Waals surface area contributed by atoms with Crippen LogP contribution in [0.15, 0.2) is 36.8 Å². The summed E-state index contributed by atoms with van der Waals surface area (Å²) in [5.74, 6) is 1.46. The van der Waals surface area contributed by atoms with E-state index in [1.165, 1.54) is 12.4 Å². The fourth-order valence-electron chi connectivity index (χ4n) is 1.93. The Hall–Kier alpha value is -2.31. The third-order valence-corrected chi connectivity index (χ3v) is 3.54. The first-order valence-corrected chi connectivity index (χ1v) is 7.28. The number of benzene rings is 1. The molecule has 118 valence electrons. The van der Waals surface area contributed by atoms with Crippen molar-refractivity contribution < 1.29 is 14.2 Å². The Labute approximate surface area is 142 Å². The molecule has 0 saturated heterocycles. The quantitative estimate of drug-likeness (QED) is 0.515. The molecule has 8 heteroatoms. The number of ether oxygens (including phenoxy) is 3. The van der Waals surface area contributed by atoms with Gasteiger partial charge in [-0.15, -0.1) is 0 Å². The number of methoxy groups -OCH3 is 1. The zero-order chi connectivity index (χ0) is 16.2. The van der Waals surface area contributed by atoms with Crippen molar-refractivity contribution in [2.45, 2.75) is 0 Å². The lowest BCUT2D eigenvalue weighted by Crippen LogP contribution is -2.07. The maximum atomic E-state index is 6.17. The molecule has 0 radical (unpaired) electrons. The molecule has 0 aliphatic carbocycles. The molecule has 0 saturated carbocycles. The van der Waals surface area contributed by atoms with Gasteiger partial charge in [0, 0.05) is 17.6 Å². The van der Waals surface area contributed by atoms with Crippen LogP contribution in [0.25, 0.3) is 10.9 Å². The van der Waals surface area contributed by atoms with Gasteiger partial charge in [0.1, 0.15) is 0 Å². The van der Waals surface area contributed by atoms with Crippen LogP contribution in [0.2, 0.25) is 10.3 Å². The molecular weight excluding hydrogens is 341 g/mol. The summed E-state index contributed by atoms with van der Waals surface area (Å²) in [5, 5.41) is 1.49. The van der Waals surface area contributed by atoms with Crippen LogP contribution in [0.1, 0.15) is 0 Å². The van der Waals surface area contributed by atoms with Crippen molar-refractivity contribution in [3.63, 3.8) is 0 Å². The first kappa shape index (κ1) is 15.6. The Bertz CT molecular complexity index is 828. The zero-order valence-electron chi connectivity index (χ0n) is 12.0. The van der Waals surface area contributed by atoms with Crippen LogP contribution < -0.4 is 14.2 Å². The maximum absolute atomic E-state index is 6.17. The van der Waals surface area contributed by atoms with E-state index >= 15 is 0 Å². The topological polar surface area (TPSA) is 66.4 Å². The molecule has 0 aliphatic heterocycles. The molecule has 6 nitrogen and oxygen atoms in total. The van der Waals surface area contributed by atoms with Gasteiger partial charge in [0.15, 0.2) is 17.2 Å². The van der Waals surface area contributed by atoms with Crippen molar-refractivity contribution in [3.05, 3.63) is 47.1 Å². The standard InChI is InChI=1S/C15H11Cl2N3O3/c1-21-13-5-12-10(11(16)2-3-18-12)4-14(13)23-8-22-9-6-19-15(17)20-7-9/h2-7H,8H2,1H3. The third kappa shape index (κ3) is 3.55. The van der Waals surface area contributed by atoms with Crippen molar-refractivity contribution in [1.29, 1.82) is 0 Å². The molecule has 0 amide bonds. The molecule has 1 aromatic carbocycles. The molecule has 0 bridgehead atoms. The number of halogens is 2. The summed E-state index contributed by atoms with van der Waals surface area (Å²) >= 11 is 11.8. The summed E-state index contributed by atoms with van der Waals surface area (Å²) in [6, 6.07) is 5.22. The fourth-order valence-corrected chi connectivity index (χ4v) is 2.23. The van der Waals surface area contributed by atoms with E-state index in [0.717, 1.165) is 5.39 Å². The van der Waals surface area contributed by atoms with Crippen molar-refractivity contribution in [1.82, 2.24) is 15.0 Å². The summed E-state index contributed by atoms with van der Waals surface area (Å²) in [6.45, 7) is -0.0509. The number of rotatable bonds is 5. The normalized spacial score (nSPS) is 10.6. The first-order valence-electron chi connectivity index (χ1n) is 6.53. The van der Waals surface area contributed by atoms with E-state index in [-0.39, 0.29) is 12.1 Å². The largest absolute Gasteiger partial charge is 0.493 e. The van der Waals surface area contributed by atoms with Gasteiger partial charge in [-0.1, -0.05) is 11.6 Å². The number of hydrogen-bond donors (Lipinski definition) is 0. The second-order valence-electron chi connectivity index (χ2n) is 4.41. The fraction of sp³-hybridized carbons (Fsp3) is 0.133. The number of fused-ring (bicyclic) bond motifs is 1. The lowest BCUT2D eigenvalue weighted by atomic mass is 10.2. The van der Waals surface area contributed by atoms with Gasteiger partial charge in [-0.3, -0.25) is 4.98 Å². The van der Waals surface area contributed by atoms with Gasteiger partial charge in [-0.2, -0.15) is 0 Å². The van der Waals surface area contributed by atoms with E-state index < -0.39 is 0 Å². The van der Waals surface area contributed by atoms with Gasteiger partial charge in [0.25, 0.3) is 0 Å². The smallest absolute Gasteiger partial charge is 0.231 e. The second kappa shape index (κ2) is 6.85. The van der Waals surface area contributed by atoms with E-state index in [1.807, 2.05) is 0 Å². The number of hydrogen-bond acceptors (Lipinski definition) is 6. The summed E-state index contributed by atoms with van der Waals surface area (Å²) in [6.07, 6.45) is 4.54. The Morgan fingerprint density at radius 1 is 1.00 bits per heavy atom. The molecule has 0 atom stereocenters. The summed E-state index contributed by atoms with van der Waals surface area (Å²) in [7, 11) is 1.55. The van der Waals surface area contributed by atoms with Crippen LogP contribution in [0.3, 0.4) is 0 Å². The average molecular weight is 352 g/mol. The second-order valence-corrected chi connectivity index (χ2v) is 5.15. The van der Waals surface area contributed by atoms with E-state index in [2.05, 4.69) is 15.0 Å². The highest BCUT2D eigenvalue weighted by Gasteiger charge is 2.10. The van der Waals surface area contributed by atoms with Crippen LogP contribution in [-0.4, -0.2) is 28.9 Å². The predicted octanol–water partition coefficient (Wildman–Crippen LogP) is 3.76. The average Bonchev–Trinajstić information content (AvgIpc) is 2.57. The SMILES string of the molecule is COc1cc2nccc(Cl)c2cc1OCOc1cnc(Cl)nc1. The Balaban J connectivity index is 1.78. The minimum Gasteiger partial charge on any atom is -0.493 e. The highest BCUT2D eigenvalue weighted by molar-refractivity contribution is 6.35. The minimum absolute atomic E-state index is 0.0509. The minimum atomic E-state index is -0.0509. The summed E-state index contributed by atoms with van der Waals surface area (Å²) < 4.78 is 16.3. The van der Waals surface area contributed by atoms with Crippen molar-refractivity contribution >= 4 is 34.1 Å². The Kier molecular flexibility index (Phi) is 4.64. The van der Waals surface area contributed by atoms with Crippen LogP contribution in [0, 0.1) is 0 Å². The Morgan fingerprint density at radius 2 is 1.78 bits per heavy atom. The molecule has 2 heterocycles. The number of pyridine rings is 1. The molecule has 23 heavy (non-hydrogen) atoms. The van der Waals surface area contributed by atoms with E-state index in [4.69, 9.17) is 37.4 Å². The molecule has 3 rings (SSSR count). The number of nitrogens with zero attached hydrogens (tertiary/aromatic N) is 3. The molecule has 0 fully saturated rings. The molecule has 2 aromatic heterocycles. The van der Waals surface area contributed by atoms with Crippen molar-refractivity contribution in [2.24, 2.45) is 0 Å². The van der Waals surface area contributed by atoms with Gasteiger partial charge in [0.05, 0.1) is 30.0 Å². The highest BCUT2D eigenvalue weighted by Crippen LogP contribution is 2.34. The van der Waals surface area contributed by atoms with E-state index in [9.17, 15) is 0 Å². The van der Waals surface area contributed by atoms with E-state index in [1.54, 1.807) is 31.5 Å². The number of aromatic nitrogens is 3. The van der Waals surface area contributed by atoms with Crippen molar-refractivity contribution in [2.75, 3.05) is 13.9 Å². The monoisotopic (exact) mass is 351 g/mol. The van der Waals surface area contributed by atoms with Gasteiger partial charge in [0.2, 0.25) is 12.1 Å². The van der Waals surface area contributed by atoms with Crippen LogP contribution in [-0.2, 0) is 0 Å². The van der Waals surface area contributed by atoms with Crippen molar-refractivity contribution in [3.8, 4) is 17.2 Å². The van der Waals surface area contributed by atoms with Crippen LogP contribution in [0.4, 0.5) is 0 Å². The van der Waals surface area contributed by atoms with Gasteiger partial charge in [-0.05, 0) is 23.7 Å². The van der Waals surface area contributed by atoms with Gasteiger partial charge >= 0.3 is 0 Å². The maximum Gasteiger partial charge on any atom is 0.231 e. The van der Waals surface area contributed by atoms with Gasteiger partial charge in [-0.25, -0.2) is 9.97 Å². The van der Waals surface area contributed by atoms with Crippen LogP contribution in [0.5, 0.6) is 17.2 Å². The molecule has 0 N–H and O–H groups in total.